The van der Waals surface area contributed by atoms with Gasteiger partial charge in [-0.2, -0.15) is 0 Å². The fourth-order valence-electron chi connectivity index (χ4n) is 2.14. The van der Waals surface area contributed by atoms with E-state index in [1.165, 1.54) is 17.7 Å². The fourth-order valence-corrected chi connectivity index (χ4v) is 3.34. The monoisotopic (exact) mass is 220 g/mol. The van der Waals surface area contributed by atoms with E-state index in [1.54, 1.807) is 11.3 Å². The molecule has 0 spiro atoms. The van der Waals surface area contributed by atoms with Gasteiger partial charge in [-0.25, -0.2) is 4.98 Å². The SMILES string of the molecule is Cc1[nH]c(=O)c2nc3c(sc1-2)CCCC3. The second-order valence-corrected chi connectivity index (χ2v) is 5.15. The van der Waals surface area contributed by atoms with Crippen LogP contribution in [0.2, 0.25) is 0 Å². The summed E-state index contributed by atoms with van der Waals surface area (Å²) < 4.78 is 0. The molecule has 0 aromatic rings. The Labute approximate surface area is 91.5 Å². The van der Waals surface area contributed by atoms with Crippen LogP contribution in [0.4, 0.5) is 0 Å². The highest BCUT2D eigenvalue weighted by Crippen LogP contribution is 2.32. The molecule has 15 heavy (non-hydrogen) atoms. The lowest BCUT2D eigenvalue weighted by atomic mass is 10.0. The van der Waals surface area contributed by atoms with Crippen molar-refractivity contribution in [3.63, 3.8) is 0 Å². The smallest absolute Gasteiger partial charge is 0.275 e. The molecule has 78 valence electrons. The van der Waals surface area contributed by atoms with Crippen LogP contribution in [0.1, 0.15) is 29.1 Å². The Bertz CT molecular complexity index is 540. The number of aromatic amines is 1. The zero-order valence-corrected chi connectivity index (χ0v) is 9.41. The summed E-state index contributed by atoms with van der Waals surface area (Å²) in [5.74, 6) is 0. The lowest BCUT2D eigenvalue weighted by Gasteiger charge is -2.14. The van der Waals surface area contributed by atoms with Gasteiger partial charge in [-0.05, 0) is 32.6 Å². The molecule has 0 amide bonds. The Balaban J connectivity index is 2.33. The van der Waals surface area contributed by atoms with Crippen molar-refractivity contribution in [3.8, 4) is 10.6 Å². The molecule has 2 heterocycles. The van der Waals surface area contributed by atoms with Crippen LogP contribution in [0.15, 0.2) is 4.79 Å². The first-order valence-corrected chi connectivity index (χ1v) is 6.08. The molecule has 0 saturated heterocycles. The van der Waals surface area contributed by atoms with E-state index in [-0.39, 0.29) is 5.56 Å². The summed E-state index contributed by atoms with van der Waals surface area (Å²) in [5, 5.41) is 0. The predicted octanol–water partition coefficient (Wildman–Crippen LogP) is 2.12. The Morgan fingerprint density at radius 2 is 2.13 bits per heavy atom. The van der Waals surface area contributed by atoms with E-state index in [0.29, 0.717) is 5.69 Å². The van der Waals surface area contributed by atoms with Gasteiger partial charge < -0.3 is 4.98 Å². The van der Waals surface area contributed by atoms with Crippen LogP contribution in [-0.2, 0) is 12.8 Å². The van der Waals surface area contributed by atoms with E-state index in [9.17, 15) is 4.79 Å². The lowest BCUT2D eigenvalue weighted by Crippen LogP contribution is -2.08. The molecule has 3 nitrogen and oxygen atoms in total. The predicted molar refractivity (Wildman–Crippen MR) is 60.7 cm³/mol. The second kappa shape index (κ2) is 3.17. The van der Waals surface area contributed by atoms with E-state index in [0.717, 1.165) is 29.1 Å². The number of H-pyrrole nitrogens is 1. The van der Waals surface area contributed by atoms with Crippen molar-refractivity contribution in [2.24, 2.45) is 0 Å². The standard InChI is InChI=1S/C11H12N2OS/c1-6-10-9(11(14)12-6)13-7-4-2-3-5-8(7)15-10/h2-5H2,1H3,(H,12,14). The molecule has 0 bridgehead atoms. The third-order valence-corrected chi connectivity index (χ3v) is 4.32. The van der Waals surface area contributed by atoms with Crippen LogP contribution in [0.5, 0.6) is 0 Å². The van der Waals surface area contributed by atoms with E-state index in [2.05, 4.69) is 9.97 Å². The van der Waals surface area contributed by atoms with E-state index >= 15 is 0 Å². The van der Waals surface area contributed by atoms with Crippen LogP contribution >= 0.6 is 11.3 Å². The minimum absolute atomic E-state index is 0.0351. The summed E-state index contributed by atoms with van der Waals surface area (Å²) in [4.78, 5) is 21.3. The largest absolute Gasteiger partial charge is 0.323 e. The third kappa shape index (κ3) is 1.32. The van der Waals surface area contributed by atoms with Crippen molar-refractivity contribution in [3.05, 3.63) is 26.6 Å². The Kier molecular flexibility index (Phi) is 1.92. The van der Waals surface area contributed by atoms with Gasteiger partial charge in [0.25, 0.3) is 5.56 Å². The van der Waals surface area contributed by atoms with Crippen LogP contribution in [0.3, 0.4) is 0 Å². The molecule has 3 aliphatic rings. The van der Waals surface area contributed by atoms with E-state index in [4.69, 9.17) is 0 Å². The molecule has 3 rings (SSSR count). The van der Waals surface area contributed by atoms with Gasteiger partial charge in [-0.15, -0.1) is 11.3 Å². The van der Waals surface area contributed by atoms with Gasteiger partial charge in [0.15, 0.2) is 0 Å². The summed E-state index contributed by atoms with van der Waals surface area (Å²) in [6.07, 6.45) is 4.62. The molecule has 0 fully saturated rings. The summed E-state index contributed by atoms with van der Waals surface area (Å²) in [5.41, 5.74) is 2.71. The number of rotatable bonds is 0. The van der Waals surface area contributed by atoms with Crippen molar-refractivity contribution >= 4 is 11.3 Å². The van der Waals surface area contributed by atoms with Gasteiger partial charge >= 0.3 is 0 Å². The number of nitrogens with one attached hydrogen (secondary N) is 1. The van der Waals surface area contributed by atoms with Gasteiger partial charge in [-0.3, -0.25) is 4.79 Å². The quantitative estimate of drug-likeness (QED) is 0.739. The molecular formula is C11H12N2OS. The van der Waals surface area contributed by atoms with Crippen molar-refractivity contribution in [1.29, 1.82) is 0 Å². The van der Waals surface area contributed by atoms with Crippen molar-refractivity contribution in [1.82, 2.24) is 9.97 Å². The number of aryl methyl sites for hydroxylation is 3. The van der Waals surface area contributed by atoms with Crippen molar-refractivity contribution in [2.45, 2.75) is 32.6 Å². The molecule has 1 aliphatic carbocycles. The topological polar surface area (TPSA) is 45.8 Å². The highest BCUT2D eigenvalue weighted by atomic mass is 32.1. The lowest BCUT2D eigenvalue weighted by molar-refractivity contribution is 0.678. The number of aromatic nitrogens is 2. The first-order valence-electron chi connectivity index (χ1n) is 5.27. The molecule has 0 radical (unpaired) electrons. The molecule has 0 atom stereocenters. The van der Waals surface area contributed by atoms with E-state index < -0.39 is 0 Å². The van der Waals surface area contributed by atoms with Crippen molar-refractivity contribution in [2.75, 3.05) is 0 Å². The number of fused-ring (bicyclic) bond motifs is 2. The number of hydrogen-bond donors (Lipinski definition) is 1. The van der Waals surface area contributed by atoms with Crippen LogP contribution in [0.25, 0.3) is 10.6 Å². The van der Waals surface area contributed by atoms with Gasteiger partial charge in [0.05, 0.1) is 10.6 Å². The molecule has 0 aromatic carbocycles. The molecule has 0 aromatic heterocycles. The summed E-state index contributed by atoms with van der Waals surface area (Å²) >= 11 is 1.74. The maximum atomic E-state index is 11.6. The molecule has 4 heteroatoms. The number of hydrogen-bond acceptors (Lipinski definition) is 3. The minimum atomic E-state index is -0.0351. The number of nitrogens with zero attached hydrogens (tertiary/aromatic N) is 1. The zero-order valence-electron chi connectivity index (χ0n) is 8.59. The summed E-state index contributed by atoms with van der Waals surface area (Å²) in [7, 11) is 0. The normalized spacial score (nSPS) is 15.5. The minimum Gasteiger partial charge on any atom is -0.323 e. The second-order valence-electron chi connectivity index (χ2n) is 4.05. The van der Waals surface area contributed by atoms with Crippen molar-refractivity contribution < 1.29 is 0 Å². The summed E-state index contributed by atoms with van der Waals surface area (Å²) in [6.45, 7) is 1.94. The Morgan fingerprint density at radius 3 is 3.00 bits per heavy atom. The highest BCUT2D eigenvalue weighted by Gasteiger charge is 2.20. The third-order valence-electron chi connectivity index (χ3n) is 2.93. The maximum absolute atomic E-state index is 11.6. The average Bonchev–Trinajstić information content (AvgIpc) is 2.52. The average molecular weight is 220 g/mol. The van der Waals surface area contributed by atoms with Crippen LogP contribution in [-0.4, -0.2) is 9.97 Å². The first kappa shape index (κ1) is 9.09. The molecule has 0 unspecified atom stereocenters. The fraction of sp³-hybridized carbons (Fsp3) is 0.455. The van der Waals surface area contributed by atoms with Gasteiger partial charge in [0.2, 0.25) is 0 Å². The molecule has 0 saturated carbocycles. The van der Waals surface area contributed by atoms with Crippen LogP contribution < -0.4 is 5.56 Å². The van der Waals surface area contributed by atoms with Gasteiger partial charge in [0, 0.05) is 10.6 Å². The van der Waals surface area contributed by atoms with E-state index in [1.807, 2.05) is 6.92 Å². The van der Waals surface area contributed by atoms with Gasteiger partial charge in [0.1, 0.15) is 5.69 Å². The Morgan fingerprint density at radius 1 is 1.33 bits per heavy atom. The maximum Gasteiger partial charge on any atom is 0.275 e. The summed E-state index contributed by atoms with van der Waals surface area (Å²) in [6, 6.07) is 0. The van der Waals surface area contributed by atoms with Crippen LogP contribution in [0, 0.1) is 6.92 Å². The Hall–Kier alpha value is -1.16. The highest BCUT2D eigenvalue weighted by molar-refractivity contribution is 7.15. The first-order chi connectivity index (χ1) is 7.25. The molecule has 1 N–H and O–H groups in total. The molecular weight excluding hydrogens is 208 g/mol. The molecule has 2 aliphatic heterocycles. The zero-order chi connectivity index (χ0) is 10.4. The van der Waals surface area contributed by atoms with Gasteiger partial charge in [-0.1, -0.05) is 0 Å².